The SMILES string of the molecule is N#C/C(=C/NCc1ccc(Cl)cc1)C(=O)NCCc1ccccc1. The Morgan fingerprint density at radius 3 is 2.46 bits per heavy atom. The average Bonchev–Trinajstić information content (AvgIpc) is 2.61. The molecule has 0 aliphatic rings. The van der Waals surface area contributed by atoms with Crippen molar-refractivity contribution in [2.45, 2.75) is 13.0 Å². The Hall–Kier alpha value is -2.77. The van der Waals surface area contributed by atoms with Crippen molar-refractivity contribution in [1.29, 1.82) is 5.26 Å². The van der Waals surface area contributed by atoms with Crippen molar-refractivity contribution >= 4 is 17.5 Å². The van der Waals surface area contributed by atoms with Gasteiger partial charge in [-0.15, -0.1) is 0 Å². The molecule has 0 fully saturated rings. The third kappa shape index (κ3) is 5.79. The molecule has 4 nitrogen and oxygen atoms in total. The summed E-state index contributed by atoms with van der Waals surface area (Å²) in [5, 5.41) is 15.5. The van der Waals surface area contributed by atoms with E-state index in [0.717, 1.165) is 17.5 Å². The van der Waals surface area contributed by atoms with Crippen molar-refractivity contribution in [2.75, 3.05) is 6.54 Å². The van der Waals surface area contributed by atoms with E-state index < -0.39 is 0 Å². The van der Waals surface area contributed by atoms with Crippen molar-refractivity contribution in [3.63, 3.8) is 0 Å². The Morgan fingerprint density at radius 1 is 1.08 bits per heavy atom. The Bertz CT molecular complexity index is 733. The first-order chi connectivity index (χ1) is 11.7. The lowest BCUT2D eigenvalue weighted by atomic mass is 10.1. The van der Waals surface area contributed by atoms with E-state index in [1.54, 1.807) is 12.1 Å². The zero-order valence-electron chi connectivity index (χ0n) is 13.1. The van der Waals surface area contributed by atoms with Gasteiger partial charge in [0, 0.05) is 24.3 Å². The van der Waals surface area contributed by atoms with E-state index in [4.69, 9.17) is 16.9 Å². The molecule has 2 aromatic carbocycles. The smallest absolute Gasteiger partial charge is 0.263 e. The van der Waals surface area contributed by atoms with E-state index in [2.05, 4.69) is 10.6 Å². The first kappa shape index (κ1) is 17.6. The van der Waals surface area contributed by atoms with E-state index in [0.29, 0.717) is 18.1 Å². The lowest BCUT2D eigenvalue weighted by Gasteiger charge is -2.06. The van der Waals surface area contributed by atoms with E-state index in [-0.39, 0.29) is 11.5 Å². The Kier molecular flexibility index (Phi) is 6.88. The van der Waals surface area contributed by atoms with Crippen molar-refractivity contribution in [2.24, 2.45) is 0 Å². The molecule has 5 heteroatoms. The van der Waals surface area contributed by atoms with Crippen LogP contribution in [0.4, 0.5) is 0 Å². The Morgan fingerprint density at radius 2 is 1.79 bits per heavy atom. The van der Waals surface area contributed by atoms with Crippen LogP contribution >= 0.6 is 11.6 Å². The molecular formula is C19H18ClN3O. The molecule has 0 heterocycles. The molecule has 0 atom stereocenters. The first-order valence-corrected chi connectivity index (χ1v) is 7.97. The predicted molar refractivity (Wildman–Crippen MR) is 95.1 cm³/mol. The van der Waals surface area contributed by atoms with Gasteiger partial charge in [0.15, 0.2) is 0 Å². The maximum atomic E-state index is 12.0. The van der Waals surface area contributed by atoms with Crippen LogP contribution in [-0.4, -0.2) is 12.5 Å². The molecule has 122 valence electrons. The molecule has 0 radical (unpaired) electrons. The Labute approximate surface area is 146 Å². The first-order valence-electron chi connectivity index (χ1n) is 7.59. The van der Waals surface area contributed by atoms with Crippen LogP contribution in [-0.2, 0) is 17.8 Å². The van der Waals surface area contributed by atoms with Gasteiger partial charge in [-0.2, -0.15) is 5.26 Å². The number of rotatable bonds is 7. The summed E-state index contributed by atoms with van der Waals surface area (Å²) in [7, 11) is 0. The summed E-state index contributed by atoms with van der Waals surface area (Å²) in [6, 6.07) is 19.1. The van der Waals surface area contributed by atoms with Crippen LogP contribution in [0.1, 0.15) is 11.1 Å². The van der Waals surface area contributed by atoms with Gasteiger partial charge in [-0.25, -0.2) is 0 Å². The molecule has 2 aromatic rings. The standard InChI is InChI=1S/C19H18ClN3O/c20-18-8-6-16(7-9-18)13-22-14-17(12-21)19(24)23-11-10-15-4-2-1-3-5-15/h1-9,14,22H,10-11,13H2,(H,23,24)/b17-14-. The maximum Gasteiger partial charge on any atom is 0.263 e. The predicted octanol–water partition coefficient (Wildman–Crippen LogP) is 3.20. The lowest BCUT2D eigenvalue weighted by Crippen LogP contribution is -2.27. The molecular weight excluding hydrogens is 322 g/mol. The van der Waals surface area contributed by atoms with Crippen molar-refractivity contribution in [1.82, 2.24) is 10.6 Å². The third-order valence-corrected chi connectivity index (χ3v) is 3.62. The van der Waals surface area contributed by atoms with E-state index in [9.17, 15) is 4.79 Å². The van der Waals surface area contributed by atoms with Gasteiger partial charge in [-0.3, -0.25) is 4.79 Å². The highest BCUT2D eigenvalue weighted by Crippen LogP contribution is 2.09. The van der Waals surface area contributed by atoms with Crippen LogP contribution in [0.25, 0.3) is 0 Å². The van der Waals surface area contributed by atoms with Crippen molar-refractivity contribution in [3.05, 3.63) is 82.5 Å². The van der Waals surface area contributed by atoms with E-state index in [1.165, 1.54) is 6.20 Å². The van der Waals surface area contributed by atoms with Gasteiger partial charge >= 0.3 is 0 Å². The van der Waals surface area contributed by atoms with Crippen molar-refractivity contribution in [3.8, 4) is 6.07 Å². The van der Waals surface area contributed by atoms with Gasteiger partial charge < -0.3 is 10.6 Å². The summed E-state index contributed by atoms with van der Waals surface area (Å²) >= 11 is 5.82. The zero-order valence-corrected chi connectivity index (χ0v) is 13.9. The second kappa shape index (κ2) is 9.39. The number of hydrogen-bond donors (Lipinski definition) is 2. The minimum absolute atomic E-state index is 0.0528. The number of halogens is 1. The lowest BCUT2D eigenvalue weighted by molar-refractivity contribution is -0.117. The molecule has 24 heavy (non-hydrogen) atoms. The van der Waals surface area contributed by atoms with Crippen LogP contribution in [0.15, 0.2) is 66.4 Å². The number of nitrogens with one attached hydrogen (secondary N) is 2. The minimum atomic E-state index is -0.378. The largest absolute Gasteiger partial charge is 0.386 e. The fourth-order valence-electron chi connectivity index (χ4n) is 2.08. The third-order valence-electron chi connectivity index (χ3n) is 3.37. The fraction of sp³-hybridized carbons (Fsp3) is 0.158. The van der Waals surface area contributed by atoms with Crippen LogP contribution in [0.5, 0.6) is 0 Å². The summed E-state index contributed by atoms with van der Waals surface area (Å²) in [5.74, 6) is -0.378. The average molecular weight is 340 g/mol. The summed E-state index contributed by atoms with van der Waals surface area (Å²) in [6.45, 7) is 0.999. The molecule has 0 aliphatic heterocycles. The summed E-state index contributed by atoms with van der Waals surface area (Å²) in [4.78, 5) is 12.0. The fourth-order valence-corrected chi connectivity index (χ4v) is 2.21. The molecule has 0 aromatic heterocycles. The number of carbonyl (C=O) groups is 1. The highest BCUT2D eigenvalue weighted by atomic mass is 35.5. The molecule has 2 N–H and O–H groups in total. The van der Waals surface area contributed by atoms with E-state index in [1.807, 2.05) is 48.5 Å². The number of benzene rings is 2. The molecule has 0 aliphatic carbocycles. The molecule has 0 unspecified atom stereocenters. The number of hydrogen-bond acceptors (Lipinski definition) is 3. The van der Waals surface area contributed by atoms with Gasteiger partial charge in [-0.1, -0.05) is 54.1 Å². The van der Waals surface area contributed by atoms with Gasteiger partial charge in [0.2, 0.25) is 0 Å². The number of nitriles is 1. The normalized spacial score (nSPS) is 10.8. The quantitative estimate of drug-likeness (QED) is 0.601. The highest BCUT2D eigenvalue weighted by Gasteiger charge is 2.07. The maximum absolute atomic E-state index is 12.0. The van der Waals surface area contributed by atoms with E-state index >= 15 is 0 Å². The second-order valence-corrected chi connectivity index (χ2v) is 5.61. The number of carbonyl (C=O) groups excluding carboxylic acids is 1. The molecule has 0 saturated carbocycles. The highest BCUT2D eigenvalue weighted by molar-refractivity contribution is 6.30. The molecule has 0 bridgehead atoms. The monoisotopic (exact) mass is 339 g/mol. The molecule has 0 saturated heterocycles. The summed E-state index contributed by atoms with van der Waals surface area (Å²) in [6.07, 6.45) is 2.16. The molecule has 2 rings (SSSR count). The van der Waals surface area contributed by atoms with Crippen molar-refractivity contribution < 1.29 is 4.79 Å². The topological polar surface area (TPSA) is 64.9 Å². The van der Waals surface area contributed by atoms with Crippen LogP contribution in [0.2, 0.25) is 5.02 Å². The van der Waals surface area contributed by atoms with Gasteiger partial charge in [0.25, 0.3) is 5.91 Å². The summed E-state index contributed by atoms with van der Waals surface area (Å²) in [5.41, 5.74) is 2.20. The van der Waals surface area contributed by atoms with Gasteiger partial charge in [-0.05, 0) is 29.7 Å². The molecule has 1 amide bonds. The number of amides is 1. The number of nitrogens with zero attached hydrogens (tertiary/aromatic N) is 1. The van der Waals surface area contributed by atoms with Crippen LogP contribution in [0.3, 0.4) is 0 Å². The zero-order chi connectivity index (χ0) is 17.2. The summed E-state index contributed by atoms with van der Waals surface area (Å²) < 4.78 is 0. The minimum Gasteiger partial charge on any atom is -0.386 e. The van der Waals surface area contributed by atoms with Crippen LogP contribution in [0, 0.1) is 11.3 Å². The van der Waals surface area contributed by atoms with Gasteiger partial charge in [0.05, 0.1) is 0 Å². The van der Waals surface area contributed by atoms with Gasteiger partial charge in [0.1, 0.15) is 11.6 Å². The van der Waals surface area contributed by atoms with Crippen LogP contribution < -0.4 is 10.6 Å². The molecule has 0 spiro atoms. The second-order valence-electron chi connectivity index (χ2n) is 5.17. The Balaban J connectivity index is 1.80.